The second-order valence-electron chi connectivity index (χ2n) is 7.72. The average molecular weight is 338 g/mol. The molecule has 1 atom stereocenters. The molecule has 2 aromatic carbocycles. The molecular formula is C23H31NO. The van der Waals surface area contributed by atoms with Crippen molar-refractivity contribution in [3.63, 3.8) is 0 Å². The van der Waals surface area contributed by atoms with Crippen LogP contribution < -0.4 is 10.5 Å². The summed E-state index contributed by atoms with van der Waals surface area (Å²) >= 11 is 0. The molecule has 0 saturated heterocycles. The summed E-state index contributed by atoms with van der Waals surface area (Å²) in [6.07, 6.45) is 6.07. The molecule has 2 N–H and O–H groups in total. The zero-order valence-corrected chi connectivity index (χ0v) is 15.6. The second kappa shape index (κ2) is 8.53. The number of fused-ring (bicyclic) bond motifs is 1. The van der Waals surface area contributed by atoms with Crippen molar-refractivity contribution in [1.29, 1.82) is 0 Å². The number of hydrogen-bond acceptors (Lipinski definition) is 2. The molecule has 1 unspecified atom stereocenters. The topological polar surface area (TPSA) is 35.2 Å². The highest BCUT2D eigenvalue weighted by Gasteiger charge is 2.15. The van der Waals surface area contributed by atoms with Crippen molar-refractivity contribution in [2.24, 2.45) is 11.7 Å². The molecule has 0 radical (unpaired) electrons. The minimum absolute atomic E-state index is 0.368. The van der Waals surface area contributed by atoms with E-state index in [1.807, 2.05) is 6.07 Å². The Morgan fingerprint density at radius 1 is 1.00 bits per heavy atom. The standard InChI is InChI=1S/C23H31NO/c1-17(2)16-25-23-9-5-6-18(13-23)12-22(15-24)21-11-10-19-7-3-4-8-20(19)14-21/h5-6,9-11,13-14,17,22H,3-4,7-8,12,15-16,24H2,1-2H3. The van der Waals surface area contributed by atoms with Crippen LogP contribution in [0.4, 0.5) is 0 Å². The van der Waals surface area contributed by atoms with Crippen LogP contribution in [0.3, 0.4) is 0 Å². The van der Waals surface area contributed by atoms with Crippen LogP contribution in [0, 0.1) is 5.92 Å². The van der Waals surface area contributed by atoms with Gasteiger partial charge < -0.3 is 10.5 Å². The molecule has 1 aliphatic carbocycles. The first-order valence-electron chi connectivity index (χ1n) is 9.69. The molecule has 2 aromatic rings. The van der Waals surface area contributed by atoms with Crippen molar-refractivity contribution < 1.29 is 4.74 Å². The van der Waals surface area contributed by atoms with E-state index in [0.717, 1.165) is 18.8 Å². The van der Waals surface area contributed by atoms with Gasteiger partial charge in [0.1, 0.15) is 5.75 Å². The minimum atomic E-state index is 0.368. The second-order valence-corrected chi connectivity index (χ2v) is 7.72. The van der Waals surface area contributed by atoms with Gasteiger partial charge in [0.25, 0.3) is 0 Å². The van der Waals surface area contributed by atoms with Crippen molar-refractivity contribution in [2.45, 2.75) is 51.9 Å². The molecule has 0 saturated carbocycles. The summed E-state index contributed by atoms with van der Waals surface area (Å²) in [5, 5.41) is 0. The first kappa shape index (κ1) is 18.0. The van der Waals surface area contributed by atoms with Gasteiger partial charge in [-0.3, -0.25) is 0 Å². The van der Waals surface area contributed by atoms with Crippen LogP contribution in [-0.2, 0) is 19.3 Å². The van der Waals surface area contributed by atoms with E-state index in [9.17, 15) is 0 Å². The maximum absolute atomic E-state index is 6.13. The largest absolute Gasteiger partial charge is 0.493 e. The first-order chi connectivity index (χ1) is 12.2. The van der Waals surface area contributed by atoms with Crippen LogP contribution in [0.25, 0.3) is 0 Å². The van der Waals surface area contributed by atoms with Gasteiger partial charge >= 0.3 is 0 Å². The van der Waals surface area contributed by atoms with Gasteiger partial charge in [-0.05, 0) is 79.0 Å². The molecule has 3 rings (SSSR count). The number of ether oxygens (including phenoxy) is 1. The molecule has 0 bridgehead atoms. The lowest BCUT2D eigenvalue weighted by Crippen LogP contribution is -2.16. The Labute approximate surface area is 152 Å². The fourth-order valence-corrected chi connectivity index (χ4v) is 3.65. The molecule has 0 heterocycles. The van der Waals surface area contributed by atoms with E-state index >= 15 is 0 Å². The van der Waals surface area contributed by atoms with Crippen LogP contribution in [-0.4, -0.2) is 13.2 Å². The molecule has 0 spiro atoms. The Morgan fingerprint density at radius 3 is 2.56 bits per heavy atom. The predicted molar refractivity (Wildman–Crippen MR) is 105 cm³/mol. The maximum Gasteiger partial charge on any atom is 0.119 e. The molecule has 0 fully saturated rings. The molecular weight excluding hydrogens is 306 g/mol. The zero-order chi connectivity index (χ0) is 17.6. The Hall–Kier alpha value is -1.80. The molecule has 25 heavy (non-hydrogen) atoms. The van der Waals surface area contributed by atoms with Gasteiger partial charge in [-0.25, -0.2) is 0 Å². The number of nitrogens with two attached hydrogens (primary N) is 1. The number of rotatable bonds is 7. The SMILES string of the molecule is CC(C)COc1cccc(CC(CN)c2ccc3c(c2)CCCC3)c1. The quantitative estimate of drug-likeness (QED) is 0.781. The summed E-state index contributed by atoms with van der Waals surface area (Å²) in [6.45, 7) is 5.78. The number of benzene rings is 2. The van der Waals surface area contributed by atoms with E-state index in [1.54, 1.807) is 0 Å². The van der Waals surface area contributed by atoms with E-state index in [1.165, 1.54) is 47.9 Å². The number of hydrogen-bond donors (Lipinski definition) is 1. The zero-order valence-electron chi connectivity index (χ0n) is 15.6. The third kappa shape index (κ3) is 4.85. The Morgan fingerprint density at radius 2 is 1.80 bits per heavy atom. The molecule has 0 amide bonds. The third-order valence-electron chi connectivity index (χ3n) is 5.09. The van der Waals surface area contributed by atoms with Crippen LogP contribution in [0.1, 0.15) is 54.9 Å². The fourth-order valence-electron chi connectivity index (χ4n) is 3.65. The van der Waals surface area contributed by atoms with E-state index in [2.05, 4.69) is 50.2 Å². The van der Waals surface area contributed by atoms with E-state index < -0.39 is 0 Å². The Bertz CT molecular complexity index is 692. The van der Waals surface area contributed by atoms with Crippen LogP contribution in [0.2, 0.25) is 0 Å². The number of aryl methyl sites for hydroxylation is 2. The summed E-state index contributed by atoms with van der Waals surface area (Å²) in [6, 6.07) is 15.5. The van der Waals surface area contributed by atoms with Gasteiger partial charge in [-0.15, -0.1) is 0 Å². The lowest BCUT2D eigenvalue weighted by molar-refractivity contribution is 0.271. The normalized spacial score (nSPS) is 15.0. The third-order valence-corrected chi connectivity index (χ3v) is 5.09. The Kier molecular flexibility index (Phi) is 6.14. The lowest BCUT2D eigenvalue weighted by Gasteiger charge is -2.21. The lowest BCUT2D eigenvalue weighted by atomic mass is 9.85. The summed E-state index contributed by atoms with van der Waals surface area (Å²) in [4.78, 5) is 0. The van der Waals surface area contributed by atoms with E-state index in [4.69, 9.17) is 10.5 Å². The van der Waals surface area contributed by atoms with E-state index in [-0.39, 0.29) is 0 Å². The maximum atomic E-state index is 6.13. The van der Waals surface area contributed by atoms with Crippen LogP contribution in [0.15, 0.2) is 42.5 Å². The average Bonchev–Trinajstić information content (AvgIpc) is 2.64. The molecule has 0 aromatic heterocycles. The van der Waals surface area contributed by atoms with Crippen molar-refractivity contribution >= 4 is 0 Å². The summed E-state index contributed by atoms with van der Waals surface area (Å²) in [5.74, 6) is 1.87. The van der Waals surface area contributed by atoms with Gasteiger partial charge in [-0.1, -0.05) is 44.2 Å². The van der Waals surface area contributed by atoms with Crippen molar-refractivity contribution in [3.8, 4) is 5.75 Å². The Balaban J connectivity index is 1.73. The van der Waals surface area contributed by atoms with Gasteiger partial charge in [0.15, 0.2) is 0 Å². The minimum Gasteiger partial charge on any atom is -0.493 e. The summed E-state index contributed by atoms with van der Waals surface area (Å²) in [7, 11) is 0. The fraction of sp³-hybridized carbons (Fsp3) is 0.478. The van der Waals surface area contributed by atoms with E-state index in [0.29, 0.717) is 18.4 Å². The highest BCUT2D eigenvalue weighted by atomic mass is 16.5. The van der Waals surface area contributed by atoms with Gasteiger partial charge in [-0.2, -0.15) is 0 Å². The predicted octanol–water partition coefficient (Wildman–Crippen LogP) is 4.89. The molecule has 2 nitrogen and oxygen atoms in total. The van der Waals surface area contributed by atoms with Crippen molar-refractivity contribution in [2.75, 3.05) is 13.2 Å². The summed E-state index contributed by atoms with van der Waals surface area (Å²) < 4.78 is 5.87. The molecule has 134 valence electrons. The van der Waals surface area contributed by atoms with Gasteiger partial charge in [0, 0.05) is 5.92 Å². The molecule has 0 aliphatic heterocycles. The van der Waals surface area contributed by atoms with Crippen molar-refractivity contribution in [3.05, 3.63) is 64.7 Å². The van der Waals surface area contributed by atoms with Crippen LogP contribution >= 0.6 is 0 Å². The molecule has 2 heteroatoms. The first-order valence-corrected chi connectivity index (χ1v) is 9.69. The summed E-state index contributed by atoms with van der Waals surface area (Å²) in [5.41, 5.74) is 11.9. The van der Waals surface area contributed by atoms with Crippen LogP contribution in [0.5, 0.6) is 5.75 Å². The highest BCUT2D eigenvalue weighted by Crippen LogP contribution is 2.28. The van der Waals surface area contributed by atoms with Gasteiger partial charge in [0.2, 0.25) is 0 Å². The highest BCUT2D eigenvalue weighted by molar-refractivity contribution is 5.37. The smallest absolute Gasteiger partial charge is 0.119 e. The monoisotopic (exact) mass is 337 g/mol. The van der Waals surface area contributed by atoms with Gasteiger partial charge in [0.05, 0.1) is 6.61 Å². The van der Waals surface area contributed by atoms with Crippen molar-refractivity contribution in [1.82, 2.24) is 0 Å². The molecule has 1 aliphatic rings.